The number of carbonyl (C=O) groups excluding carboxylic acids is 1. The lowest BCUT2D eigenvalue weighted by atomic mass is 9.92. The second-order valence-electron chi connectivity index (χ2n) is 7.01. The van der Waals surface area contributed by atoms with Gasteiger partial charge in [-0.2, -0.15) is 0 Å². The van der Waals surface area contributed by atoms with Crippen LogP contribution in [-0.2, 0) is 17.8 Å². The van der Waals surface area contributed by atoms with Crippen LogP contribution in [0, 0.1) is 6.92 Å². The Balaban J connectivity index is 1.72. The highest BCUT2D eigenvalue weighted by Crippen LogP contribution is 2.52. The molecule has 2 aromatic rings. The van der Waals surface area contributed by atoms with E-state index in [2.05, 4.69) is 6.92 Å². The molecule has 136 valence electrons. The maximum absolute atomic E-state index is 12.3. The van der Waals surface area contributed by atoms with Crippen molar-refractivity contribution in [2.45, 2.75) is 59.0 Å². The van der Waals surface area contributed by atoms with Crippen molar-refractivity contribution in [2.75, 3.05) is 0 Å². The first-order valence-electron chi connectivity index (χ1n) is 9.50. The second-order valence-corrected chi connectivity index (χ2v) is 7.01. The third kappa shape index (κ3) is 2.83. The zero-order chi connectivity index (χ0) is 18.1. The summed E-state index contributed by atoms with van der Waals surface area (Å²) in [6, 6.07) is 7.64. The fraction of sp³-hybridized carbons (Fsp3) is 0.409. The van der Waals surface area contributed by atoms with E-state index in [1.54, 1.807) is 0 Å². The summed E-state index contributed by atoms with van der Waals surface area (Å²) in [5.74, 6) is 2.56. The van der Waals surface area contributed by atoms with Crippen LogP contribution in [0.5, 0.6) is 23.0 Å². The Morgan fingerprint density at radius 2 is 1.65 bits per heavy atom. The third-order valence-electron chi connectivity index (χ3n) is 5.22. The number of unbranched alkanes of at least 4 members (excludes halogenated alkanes) is 4. The molecule has 0 unspecified atom stereocenters. The highest BCUT2D eigenvalue weighted by atomic mass is 16.6. The van der Waals surface area contributed by atoms with Crippen molar-refractivity contribution < 1.29 is 19.0 Å². The van der Waals surface area contributed by atoms with Crippen molar-refractivity contribution in [3.05, 3.63) is 46.5 Å². The average Bonchev–Trinajstić information content (AvgIpc) is 3.04. The van der Waals surface area contributed by atoms with E-state index < -0.39 is 0 Å². The first-order chi connectivity index (χ1) is 12.7. The molecule has 0 aromatic heterocycles. The van der Waals surface area contributed by atoms with Gasteiger partial charge in [-0.05, 0) is 31.9 Å². The fourth-order valence-corrected chi connectivity index (χ4v) is 3.82. The first kappa shape index (κ1) is 17.0. The van der Waals surface area contributed by atoms with Gasteiger partial charge in [-0.1, -0.05) is 44.7 Å². The minimum absolute atomic E-state index is 0.255. The Morgan fingerprint density at radius 3 is 2.38 bits per heavy atom. The van der Waals surface area contributed by atoms with Crippen LogP contribution < -0.4 is 9.47 Å². The summed E-state index contributed by atoms with van der Waals surface area (Å²) in [5, 5.41) is 0. The Kier molecular flexibility index (Phi) is 4.58. The molecule has 2 aliphatic heterocycles. The van der Waals surface area contributed by atoms with Gasteiger partial charge in [-0.3, -0.25) is 0 Å². The molecule has 0 saturated carbocycles. The molecule has 4 rings (SSSR count). The molecule has 0 spiro atoms. The van der Waals surface area contributed by atoms with Gasteiger partial charge in [-0.25, -0.2) is 4.79 Å². The van der Waals surface area contributed by atoms with Gasteiger partial charge >= 0.3 is 5.97 Å². The predicted molar refractivity (Wildman–Crippen MR) is 99.4 cm³/mol. The minimum atomic E-state index is -0.255. The van der Waals surface area contributed by atoms with Crippen molar-refractivity contribution in [1.29, 1.82) is 0 Å². The average molecular weight is 352 g/mol. The topological polar surface area (TPSA) is 44.8 Å². The molecule has 2 heterocycles. The first-order valence-corrected chi connectivity index (χ1v) is 9.50. The number of hydrogen-bond acceptors (Lipinski definition) is 4. The summed E-state index contributed by atoms with van der Waals surface area (Å²) >= 11 is 0. The number of fused-ring (bicyclic) bond motifs is 3. The smallest absolute Gasteiger partial charge is 0.339 e. The van der Waals surface area contributed by atoms with Gasteiger partial charge in [-0.15, -0.1) is 0 Å². The SMILES string of the molecule is CCCCCCCc1c2c(c(C)c3c1Oc1ccccc1O3)C(=O)OC2. The number of carbonyl (C=O) groups is 1. The summed E-state index contributed by atoms with van der Waals surface area (Å²) in [5.41, 5.74) is 3.51. The summed E-state index contributed by atoms with van der Waals surface area (Å²) < 4.78 is 17.7. The molecule has 2 aromatic carbocycles. The number of esters is 1. The molecule has 0 saturated heterocycles. The van der Waals surface area contributed by atoms with Crippen molar-refractivity contribution in [1.82, 2.24) is 0 Å². The van der Waals surface area contributed by atoms with Gasteiger partial charge in [0.25, 0.3) is 0 Å². The van der Waals surface area contributed by atoms with Crippen molar-refractivity contribution in [3.8, 4) is 23.0 Å². The van der Waals surface area contributed by atoms with Crippen LogP contribution in [0.25, 0.3) is 0 Å². The van der Waals surface area contributed by atoms with E-state index in [4.69, 9.17) is 14.2 Å². The maximum atomic E-state index is 12.3. The van der Waals surface area contributed by atoms with Crippen LogP contribution in [0.15, 0.2) is 24.3 Å². The molecule has 0 N–H and O–H groups in total. The van der Waals surface area contributed by atoms with Gasteiger partial charge in [0.2, 0.25) is 0 Å². The van der Waals surface area contributed by atoms with E-state index in [0.717, 1.165) is 41.0 Å². The van der Waals surface area contributed by atoms with Gasteiger partial charge in [0, 0.05) is 16.7 Å². The molecule has 0 fully saturated rings. The second kappa shape index (κ2) is 7.02. The van der Waals surface area contributed by atoms with E-state index in [9.17, 15) is 4.79 Å². The molecular weight excluding hydrogens is 328 g/mol. The van der Waals surface area contributed by atoms with E-state index in [1.807, 2.05) is 31.2 Å². The van der Waals surface area contributed by atoms with E-state index >= 15 is 0 Å². The van der Waals surface area contributed by atoms with Crippen LogP contribution in [0.1, 0.15) is 66.1 Å². The van der Waals surface area contributed by atoms with Gasteiger partial charge in [0.15, 0.2) is 23.0 Å². The lowest BCUT2D eigenvalue weighted by molar-refractivity contribution is 0.0534. The molecule has 4 heteroatoms. The van der Waals surface area contributed by atoms with E-state index in [1.165, 1.54) is 25.7 Å². The van der Waals surface area contributed by atoms with E-state index in [0.29, 0.717) is 23.7 Å². The van der Waals surface area contributed by atoms with Crippen LogP contribution in [0.3, 0.4) is 0 Å². The minimum Gasteiger partial charge on any atom is -0.457 e. The molecule has 0 radical (unpaired) electrons. The molecule has 0 aliphatic carbocycles. The number of cyclic esters (lactones) is 1. The standard InChI is InChI=1S/C22H24O4/c1-3-4-5-6-7-10-15-16-13-24-22(23)19(16)14(2)20-21(15)26-18-12-9-8-11-17(18)25-20/h8-9,11-12H,3-7,10,13H2,1-2H3. The molecule has 0 amide bonds. The summed E-state index contributed by atoms with van der Waals surface area (Å²) in [6.07, 6.45) is 6.85. The van der Waals surface area contributed by atoms with Crippen molar-refractivity contribution in [3.63, 3.8) is 0 Å². The Hall–Kier alpha value is -2.49. The molecule has 2 aliphatic rings. The number of rotatable bonds is 6. The van der Waals surface area contributed by atoms with Gasteiger partial charge in [0.05, 0.1) is 5.56 Å². The van der Waals surface area contributed by atoms with Crippen LogP contribution >= 0.6 is 0 Å². The van der Waals surface area contributed by atoms with Gasteiger partial charge in [0.1, 0.15) is 6.61 Å². The molecular formula is C22H24O4. The molecule has 0 atom stereocenters. The normalized spacial score (nSPS) is 14.0. The monoisotopic (exact) mass is 352 g/mol. The lowest BCUT2D eigenvalue weighted by Crippen LogP contribution is -2.09. The summed E-state index contributed by atoms with van der Waals surface area (Å²) in [6.45, 7) is 4.46. The Morgan fingerprint density at radius 1 is 0.962 bits per heavy atom. The summed E-state index contributed by atoms with van der Waals surface area (Å²) in [7, 11) is 0. The highest BCUT2D eigenvalue weighted by Gasteiger charge is 2.35. The predicted octanol–water partition coefficient (Wildman–Crippen LogP) is 6.08. The zero-order valence-electron chi connectivity index (χ0n) is 15.4. The van der Waals surface area contributed by atoms with Crippen LogP contribution in [0.4, 0.5) is 0 Å². The number of ether oxygens (including phenoxy) is 3. The summed E-state index contributed by atoms with van der Waals surface area (Å²) in [4.78, 5) is 12.3. The van der Waals surface area contributed by atoms with Crippen LogP contribution in [-0.4, -0.2) is 5.97 Å². The van der Waals surface area contributed by atoms with Crippen molar-refractivity contribution in [2.24, 2.45) is 0 Å². The maximum Gasteiger partial charge on any atom is 0.339 e. The van der Waals surface area contributed by atoms with Crippen LogP contribution in [0.2, 0.25) is 0 Å². The number of para-hydroxylation sites is 2. The molecule has 26 heavy (non-hydrogen) atoms. The number of hydrogen-bond donors (Lipinski definition) is 0. The lowest BCUT2D eigenvalue weighted by Gasteiger charge is -2.26. The molecule has 4 nitrogen and oxygen atoms in total. The quantitative estimate of drug-likeness (QED) is 0.398. The highest BCUT2D eigenvalue weighted by molar-refractivity contribution is 5.97. The Bertz CT molecular complexity index is 854. The van der Waals surface area contributed by atoms with E-state index in [-0.39, 0.29) is 5.97 Å². The zero-order valence-corrected chi connectivity index (χ0v) is 15.4. The fourth-order valence-electron chi connectivity index (χ4n) is 3.82. The number of benzene rings is 2. The largest absolute Gasteiger partial charge is 0.457 e. The Labute approximate surface area is 154 Å². The third-order valence-corrected chi connectivity index (χ3v) is 5.22. The van der Waals surface area contributed by atoms with Gasteiger partial charge < -0.3 is 14.2 Å². The van der Waals surface area contributed by atoms with Crippen molar-refractivity contribution >= 4 is 5.97 Å². The molecule has 0 bridgehead atoms.